The molecule has 4 nitrogen and oxygen atoms in total. The zero-order valence-electron chi connectivity index (χ0n) is 12.4. The molecule has 1 aromatic rings. The molecule has 0 spiro atoms. The van der Waals surface area contributed by atoms with Gasteiger partial charge in [0.2, 0.25) is 5.91 Å². The van der Waals surface area contributed by atoms with Crippen molar-refractivity contribution in [2.45, 2.75) is 39.2 Å². The van der Waals surface area contributed by atoms with E-state index in [1.54, 1.807) is 14.2 Å². The number of carbonyl (C=O) groups excluding carboxylic acids is 1. The molecule has 0 aliphatic carbocycles. The molecular formula is C15H23NO3. The molecule has 0 radical (unpaired) electrons. The lowest BCUT2D eigenvalue weighted by molar-refractivity contribution is -0.122. The van der Waals surface area contributed by atoms with Crippen molar-refractivity contribution in [2.75, 3.05) is 14.2 Å². The SMILES string of the molecule is COc1cccc(OC)c1CCC(=O)NC(C)(C)C. The number of rotatable bonds is 5. The first-order valence-electron chi connectivity index (χ1n) is 6.38. The fraction of sp³-hybridized carbons (Fsp3) is 0.533. The Bertz CT molecular complexity index is 413. The number of hydrogen-bond acceptors (Lipinski definition) is 3. The first-order valence-corrected chi connectivity index (χ1v) is 6.38. The van der Waals surface area contributed by atoms with E-state index < -0.39 is 0 Å². The van der Waals surface area contributed by atoms with Crippen molar-refractivity contribution in [3.63, 3.8) is 0 Å². The maximum atomic E-state index is 11.8. The summed E-state index contributed by atoms with van der Waals surface area (Å²) in [5.41, 5.74) is 0.721. The molecule has 0 aromatic heterocycles. The molecule has 0 aliphatic heterocycles. The Labute approximate surface area is 115 Å². The van der Waals surface area contributed by atoms with Gasteiger partial charge in [-0.25, -0.2) is 0 Å². The molecule has 0 bridgehead atoms. The van der Waals surface area contributed by atoms with Crippen LogP contribution in [0.2, 0.25) is 0 Å². The van der Waals surface area contributed by atoms with Crippen LogP contribution in [0.3, 0.4) is 0 Å². The second-order valence-corrected chi connectivity index (χ2v) is 5.44. The number of hydrogen-bond donors (Lipinski definition) is 1. The highest BCUT2D eigenvalue weighted by Crippen LogP contribution is 2.29. The molecule has 0 unspecified atom stereocenters. The highest BCUT2D eigenvalue weighted by molar-refractivity contribution is 5.77. The maximum absolute atomic E-state index is 11.8. The molecule has 0 heterocycles. The summed E-state index contributed by atoms with van der Waals surface area (Å²) in [7, 11) is 3.24. The van der Waals surface area contributed by atoms with Gasteiger partial charge in [0.15, 0.2) is 0 Å². The van der Waals surface area contributed by atoms with Crippen LogP contribution in [0.25, 0.3) is 0 Å². The molecule has 1 amide bonds. The van der Waals surface area contributed by atoms with Crippen LogP contribution in [0.1, 0.15) is 32.8 Å². The van der Waals surface area contributed by atoms with Crippen molar-refractivity contribution in [1.29, 1.82) is 0 Å². The molecule has 106 valence electrons. The minimum atomic E-state index is -0.206. The number of ether oxygens (including phenoxy) is 2. The van der Waals surface area contributed by atoms with E-state index in [4.69, 9.17) is 9.47 Å². The van der Waals surface area contributed by atoms with E-state index in [1.165, 1.54) is 0 Å². The van der Waals surface area contributed by atoms with Crippen LogP contribution >= 0.6 is 0 Å². The van der Waals surface area contributed by atoms with Crippen LogP contribution in [-0.4, -0.2) is 25.7 Å². The normalized spacial score (nSPS) is 11.0. The zero-order chi connectivity index (χ0) is 14.5. The van der Waals surface area contributed by atoms with Crippen molar-refractivity contribution in [2.24, 2.45) is 0 Å². The van der Waals surface area contributed by atoms with Crippen molar-refractivity contribution < 1.29 is 14.3 Å². The van der Waals surface area contributed by atoms with Crippen LogP contribution in [0, 0.1) is 0 Å². The molecule has 0 fully saturated rings. The van der Waals surface area contributed by atoms with Crippen LogP contribution in [0.15, 0.2) is 18.2 Å². The van der Waals surface area contributed by atoms with Crippen LogP contribution in [-0.2, 0) is 11.2 Å². The monoisotopic (exact) mass is 265 g/mol. The molecule has 1 rings (SSSR count). The number of amides is 1. The van der Waals surface area contributed by atoms with E-state index >= 15 is 0 Å². The van der Waals surface area contributed by atoms with Gasteiger partial charge in [0.1, 0.15) is 11.5 Å². The second-order valence-electron chi connectivity index (χ2n) is 5.44. The molecule has 1 N–H and O–H groups in total. The van der Waals surface area contributed by atoms with Gasteiger partial charge in [-0.1, -0.05) is 6.07 Å². The van der Waals surface area contributed by atoms with Crippen molar-refractivity contribution in [3.8, 4) is 11.5 Å². The topological polar surface area (TPSA) is 47.6 Å². The van der Waals surface area contributed by atoms with Crippen LogP contribution < -0.4 is 14.8 Å². The first kappa shape index (κ1) is 15.3. The standard InChI is InChI=1S/C15H23NO3/c1-15(2,3)16-14(17)10-9-11-12(18-4)7-6-8-13(11)19-5/h6-8H,9-10H2,1-5H3,(H,16,17). The Morgan fingerprint density at radius 2 is 1.68 bits per heavy atom. The lowest BCUT2D eigenvalue weighted by Gasteiger charge is -2.20. The number of nitrogens with one attached hydrogen (secondary N) is 1. The average molecular weight is 265 g/mol. The molecule has 0 saturated carbocycles. The Morgan fingerprint density at radius 3 is 2.11 bits per heavy atom. The molecule has 19 heavy (non-hydrogen) atoms. The number of methoxy groups -OCH3 is 2. The Morgan fingerprint density at radius 1 is 1.16 bits per heavy atom. The summed E-state index contributed by atoms with van der Waals surface area (Å²) in [5, 5.41) is 2.94. The lowest BCUT2D eigenvalue weighted by Crippen LogP contribution is -2.40. The van der Waals surface area contributed by atoms with Gasteiger partial charge in [0.05, 0.1) is 14.2 Å². The van der Waals surface area contributed by atoms with E-state index in [2.05, 4.69) is 5.32 Å². The van der Waals surface area contributed by atoms with E-state index in [9.17, 15) is 4.79 Å². The summed E-state index contributed by atoms with van der Waals surface area (Å²) in [4.78, 5) is 11.8. The maximum Gasteiger partial charge on any atom is 0.220 e. The van der Waals surface area contributed by atoms with Gasteiger partial charge in [-0.05, 0) is 39.3 Å². The van der Waals surface area contributed by atoms with E-state index in [0.717, 1.165) is 17.1 Å². The molecule has 1 aromatic carbocycles. The molecule has 0 aliphatic rings. The summed E-state index contributed by atoms with van der Waals surface area (Å²) >= 11 is 0. The molecule has 4 heteroatoms. The van der Waals surface area contributed by atoms with Crippen LogP contribution in [0.4, 0.5) is 0 Å². The highest BCUT2D eigenvalue weighted by atomic mass is 16.5. The van der Waals surface area contributed by atoms with Gasteiger partial charge in [-0.15, -0.1) is 0 Å². The van der Waals surface area contributed by atoms with Gasteiger partial charge in [0.25, 0.3) is 0 Å². The van der Waals surface area contributed by atoms with E-state index in [1.807, 2.05) is 39.0 Å². The summed E-state index contributed by atoms with van der Waals surface area (Å²) < 4.78 is 10.6. The van der Waals surface area contributed by atoms with Gasteiger partial charge in [0, 0.05) is 17.5 Å². The fourth-order valence-electron chi connectivity index (χ4n) is 1.89. The average Bonchev–Trinajstić information content (AvgIpc) is 2.33. The van der Waals surface area contributed by atoms with Gasteiger partial charge >= 0.3 is 0 Å². The third kappa shape index (κ3) is 4.81. The fourth-order valence-corrected chi connectivity index (χ4v) is 1.89. The van der Waals surface area contributed by atoms with Crippen molar-refractivity contribution in [3.05, 3.63) is 23.8 Å². The smallest absolute Gasteiger partial charge is 0.220 e. The van der Waals surface area contributed by atoms with E-state index in [0.29, 0.717) is 12.8 Å². The first-order chi connectivity index (χ1) is 8.87. The van der Waals surface area contributed by atoms with Crippen molar-refractivity contribution in [1.82, 2.24) is 5.32 Å². The van der Waals surface area contributed by atoms with Gasteiger partial charge in [-0.2, -0.15) is 0 Å². The van der Waals surface area contributed by atoms with Crippen molar-refractivity contribution >= 4 is 5.91 Å². The number of benzene rings is 1. The Hall–Kier alpha value is -1.71. The zero-order valence-corrected chi connectivity index (χ0v) is 12.4. The molecule has 0 saturated heterocycles. The van der Waals surface area contributed by atoms with Gasteiger partial charge in [-0.3, -0.25) is 4.79 Å². The molecule has 0 atom stereocenters. The third-order valence-electron chi connectivity index (χ3n) is 2.65. The summed E-state index contributed by atoms with van der Waals surface area (Å²) in [6.07, 6.45) is 1.00. The summed E-state index contributed by atoms with van der Waals surface area (Å²) in [6.45, 7) is 5.90. The lowest BCUT2D eigenvalue weighted by atomic mass is 10.1. The predicted molar refractivity (Wildman–Crippen MR) is 75.8 cm³/mol. The quantitative estimate of drug-likeness (QED) is 0.890. The van der Waals surface area contributed by atoms with Crippen LogP contribution in [0.5, 0.6) is 11.5 Å². The second kappa shape index (κ2) is 6.45. The summed E-state index contributed by atoms with van der Waals surface area (Å²) in [5.74, 6) is 1.53. The largest absolute Gasteiger partial charge is 0.496 e. The minimum Gasteiger partial charge on any atom is -0.496 e. The molecular weight excluding hydrogens is 242 g/mol. The summed E-state index contributed by atoms with van der Waals surface area (Å²) in [6, 6.07) is 5.62. The Balaban J connectivity index is 2.74. The minimum absolute atomic E-state index is 0.0282. The van der Waals surface area contributed by atoms with Gasteiger partial charge < -0.3 is 14.8 Å². The Kier molecular flexibility index (Phi) is 5.21. The predicted octanol–water partition coefficient (Wildman–Crippen LogP) is 2.55. The third-order valence-corrected chi connectivity index (χ3v) is 2.65. The number of carbonyl (C=O) groups is 1. The highest BCUT2D eigenvalue weighted by Gasteiger charge is 2.16. The van der Waals surface area contributed by atoms with E-state index in [-0.39, 0.29) is 11.4 Å².